The van der Waals surface area contributed by atoms with E-state index < -0.39 is 0 Å². The standard InChI is InChI=1S/C29H26N4O/c1-2-27(30-15-1)23-7-6-22-18-24(33-28(22)19-23)10-3-20-4-11-25(12-5-20)34-26-13-8-21(9-14-26)29-31-16-17-32-29/h3-14,18-19,33H,1-2,15-17H2,(H,31,32)/b10-3+. The summed E-state index contributed by atoms with van der Waals surface area (Å²) in [7, 11) is 0. The molecule has 0 amide bonds. The first-order valence-electron chi connectivity index (χ1n) is 11.8. The number of rotatable bonds is 6. The quantitative estimate of drug-likeness (QED) is 0.378. The van der Waals surface area contributed by atoms with E-state index in [1.54, 1.807) is 0 Å². The monoisotopic (exact) mass is 446 g/mol. The molecule has 0 unspecified atom stereocenters. The maximum atomic E-state index is 6.01. The molecule has 4 aromatic rings. The van der Waals surface area contributed by atoms with Gasteiger partial charge in [-0.05, 0) is 78.6 Å². The van der Waals surface area contributed by atoms with Gasteiger partial charge in [0.2, 0.25) is 0 Å². The smallest absolute Gasteiger partial charge is 0.128 e. The van der Waals surface area contributed by atoms with Crippen molar-refractivity contribution < 1.29 is 4.74 Å². The van der Waals surface area contributed by atoms with E-state index >= 15 is 0 Å². The molecule has 34 heavy (non-hydrogen) atoms. The van der Waals surface area contributed by atoms with Crippen molar-refractivity contribution >= 4 is 34.6 Å². The minimum Gasteiger partial charge on any atom is -0.457 e. The Hall–Kier alpha value is -4.12. The average molecular weight is 447 g/mol. The normalized spacial score (nSPS) is 15.5. The maximum absolute atomic E-state index is 6.01. The van der Waals surface area contributed by atoms with E-state index in [-0.39, 0.29) is 0 Å². The van der Waals surface area contributed by atoms with Crippen LogP contribution in [0.2, 0.25) is 0 Å². The van der Waals surface area contributed by atoms with Crippen molar-refractivity contribution in [1.29, 1.82) is 0 Å². The first-order valence-corrected chi connectivity index (χ1v) is 11.8. The van der Waals surface area contributed by atoms with Crippen LogP contribution in [-0.2, 0) is 0 Å². The zero-order valence-corrected chi connectivity index (χ0v) is 18.9. The van der Waals surface area contributed by atoms with Gasteiger partial charge in [-0.2, -0.15) is 0 Å². The summed E-state index contributed by atoms with van der Waals surface area (Å²) in [6.45, 7) is 2.70. The van der Waals surface area contributed by atoms with Gasteiger partial charge in [0.15, 0.2) is 0 Å². The number of aromatic amines is 1. The van der Waals surface area contributed by atoms with Crippen molar-refractivity contribution in [2.75, 3.05) is 19.6 Å². The summed E-state index contributed by atoms with van der Waals surface area (Å²) in [5.74, 6) is 2.59. The SMILES string of the molecule is C(=C\c1cc2ccc(C3=NCCC3)cc2[nH]1)/c1ccc(Oc2ccc(C3=NCCN3)cc2)cc1. The van der Waals surface area contributed by atoms with Gasteiger partial charge in [-0.25, -0.2) is 0 Å². The number of amidine groups is 1. The van der Waals surface area contributed by atoms with Crippen LogP contribution in [0.1, 0.15) is 35.2 Å². The summed E-state index contributed by atoms with van der Waals surface area (Å²) in [6, 6.07) is 24.9. The van der Waals surface area contributed by atoms with Crippen LogP contribution >= 0.6 is 0 Å². The van der Waals surface area contributed by atoms with Crippen LogP contribution < -0.4 is 10.1 Å². The van der Waals surface area contributed by atoms with Gasteiger partial charge in [0.1, 0.15) is 17.3 Å². The first kappa shape index (κ1) is 20.5. The molecule has 0 bridgehead atoms. The van der Waals surface area contributed by atoms with Gasteiger partial charge in [0.05, 0.1) is 6.54 Å². The zero-order chi connectivity index (χ0) is 22.7. The highest BCUT2D eigenvalue weighted by Crippen LogP contribution is 2.24. The maximum Gasteiger partial charge on any atom is 0.128 e. The van der Waals surface area contributed by atoms with Crippen LogP contribution in [0.15, 0.2) is 82.8 Å². The number of H-pyrrole nitrogens is 1. The Morgan fingerprint density at radius 3 is 2.29 bits per heavy atom. The van der Waals surface area contributed by atoms with Crippen molar-refractivity contribution in [3.05, 3.63) is 95.2 Å². The highest BCUT2D eigenvalue weighted by molar-refractivity contribution is 6.04. The molecule has 5 nitrogen and oxygen atoms in total. The van der Waals surface area contributed by atoms with Crippen LogP contribution in [0.25, 0.3) is 23.1 Å². The lowest BCUT2D eigenvalue weighted by atomic mass is 10.1. The van der Waals surface area contributed by atoms with Gasteiger partial charge in [-0.15, -0.1) is 0 Å². The summed E-state index contributed by atoms with van der Waals surface area (Å²) < 4.78 is 6.01. The van der Waals surface area contributed by atoms with Gasteiger partial charge < -0.3 is 15.0 Å². The van der Waals surface area contributed by atoms with E-state index in [0.717, 1.165) is 72.1 Å². The lowest BCUT2D eigenvalue weighted by Crippen LogP contribution is -2.19. The number of ether oxygens (including phenoxy) is 1. The Morgan fingerprint density at radius 1 is 0.765 bits per heavy atom. The molecule has 0 radical (unpaired) electrons. The van der Waals surface area contributed by atoms with E-state index in [0.29, 0.717) is 0 Å². The molecule has 0 saturated heterocycles. The van der Waals surface area contributed by atoms with Crippen molar-refractivity contribution in [3.63, 3.8) is 0 Å². The van der Waals surface area contributed by atoms with E-state index in [2.05, 4.69) is 68.8 Å². The summed E-state index contributed by atoms with van der Waals surface area (Å²) in [4.78, 5) is 12.6. The Bertz CT molecular complexity index is 1410. The fourth-order valence-corrected chi connectivity index (χ4v) is 4.44. The number of aromatic nitrogens is 1. The second kappa shape index (κ2) is 9.02. The van der Waals surface area contributed by atoms with E-state index in [1.807, 2.05) is 36.4 Å². The van der Waals surface area contributed by atoms with Gasteiger partial charge in [0, 0.05) is 41.0 Å². The molecule has 0 atom stereocenters. The molecule has 3 aromatic carbocycles. The predicted octanol–water partition coefficient (Wildman–Crippen LogP) is 6.06. The lowest BCUT2D eigenvalue weighted by molar-refractivity contribution is 0.482. The summed E-state index contributed by atoms with van der Waals surface area (Å²) in [5, 5.41) is 4.50. The van der Waals surface area contributed by atoms with Crippen LogP contribution in [-0.4, -0.2) is 36.2 Å². The molecule has 2 aliphatic heterocycles. The molecule has 1 aromatic heterocycles. The predicted molar refractivity (Wildman–Crippen MR) is 140 cm³/mol. The molecule has 2 aliphatic rings. The van der Waals surface area contributed by atoms with Crippen molar-refractivity contribution in [2.24, 2.45) is 9.98 Å². The number of benzene rings is 3. The molecule has 168 valence electrons. The summed E-state index contributed by atoms with van der Waals surface area (Å²) in [5.41, 5.74) is 6.90. The minimum atomic E-state index is 0.812. The van der Waals surface area contributed by atoms with Crippen LogP contribution in [0.4, 0.5) is 0 Å². The van der Waals surface area contributed by atoms with Gasteiger partial charge >= 0.3 is 0 Å². The van der Waals surface area contributed by atoms with Gasteiger partial charge in [-0.3, -0.25) is 9.98 Å². The molecular formula is C29H26N4O. The number of aliphatic imine (C=N–C) groups is 2. The van der Waals surface area contributed by atoms with Crippen molar-refractivity contribution in [1.82, 2.24) is 10.3 Å². The molecular weight excluding hydrogens is 420 g/mol. The van der Waals surface area contributed by atoms with Crippen LogP contribution in [0, 0.1) is 0 Å². The van der Waals surface area contributed by atoms with Crippen LogP contribution in [0.5, 0.6) is 11.5 Å². The molecule has 0 spiro atoms. The van der Waals surface area contributed by atoms with Crippen molar-refractivity contribution in [2.45, 2.75) is 12.8 Å². The number of hydrogen-bond donors (Lipinski definition) is 2. The Morgan fingerprint density at radius 2 is 1.56 bits per heavy atom. The third-order valence-corrected chi connectivity index (χ3v) is 6.22. The Balaban J connectivity index is 1.12. The fraction of sp³-hybridized carbons (Fsp3) is 0.172. The van der Waals surface area contributed by atoms with E-state index in [9.17, 15) is 0 Å². The highest BCUT2D eigenvalue weighted by atomic mass is 16.5. The molecule has 6 rings (SSSR count). The second-order valence-electron chi connectivity index (χ2n) is 8.64. The number of nitrogens with zero attached hydrogens (tertiary/aromatic N) is 2. The summed E-state index contributed by atoms with van der Waals surface area (Å²) in [6.07, 6.45) is 6.47. The molecule has 0 fully saturated rings. The second-order valence-corrected chi connectivity index (χ2v) is 8.64. The number of nitrogens with one attached hydrogen (secondary N) is 2. The number of fused-ring (bicyclic) bond motifs is 1. The molecule has 2 N–H and O–H groups in total. The third-order valence-electron chi connectivity index (χ3n) is 6.22. The topological polar surface area (TPSA) is 61.8 Å². The zero-order valence-electron chi connectivity index (χ0n) is 18.9. The Kier molecular flexibility index (Phi) is 5.44. The molecule has 5 heteroatoms. The third kappa shape index (κ3) is 4.37. The van der Waals surface area contributed by atoms with Gasteiger partial charge in [-0.1, -0.05) is 30.3 Å². The van der Waals surface area contributed by atoms with Crippen LogP contribution in [0.3, 0.4) is 0 Å². The van der Waals surface area contributed by atoms with Crippen molar-refractivity contribution in [3.8, 4) is 11.5 Å². The number of hydrogen-bond acceptors (Lipinski definition) is 4. The fourth-order valence-electron chi connectivity index (χ4n) is 4.44. The molecule has 0 saturated carbocycles. The van der Waals surface area contributed by atoms with E-state index in [1.165, 1.54) is 16.7 Å². The molecule has 3 heterocycles. The van der Waals surface area contributed by atoms with E-state index in [4.69, 9.17) is 4.74 Å². The Labute approximate surface area is 198 Å². The largest absolute Gasteiger partial charge is 0.457 e. The van der Waals surface area contributed by atoms with Gasteiger partial charge in [0.25, 0.3) is 0 Å². The highest BCUT2D eigenvalue weighted by Gasteiger charge is 2.10. The molecule has 0 aliphatic carbocycles. The first-order chi connectivity index (χ1) is 16.8. The average Bonchev–Trinajstić information content (AvgIpc) is 3.65. The minimum absolute atomic E-state index is 0.812. The summed E-state index contributed by atoms with van der Waals surface area (Å²) >= 11 is 0. The lowest BCUT2D eigenvalue weighted by Gasteiger charge is -2.07.